The first-order valence-electron chi connectivity index (χ1n) is 23.2. The summed E-state index contributed by atoms with van der Waals surface area (Å²) in [7, 11) is 0. The Hall–Kier alpha value is -9.12. The Morgan fingerprint density at radius 1 is 0.294 bits per heavy atom. The van der Waals surface area contributed by atoms with Crippen molar-refractivity contribution in [3.05, 3.63) is 249 Å². The lowest BCUT2D eigenvalue weighted by molar-refractivity contribution is 0.669. The van der Waals surface area contributed by atoms with E-state index in [0.717, 1.165) is 61.3 Å². The molecule has 3 aromatic heterocycles. The molecular weight excluding hydrogens is 827 g/mol. The van der Waals surface area contributed by atoms with E-state index in [1.54, 1.807) is 0 Å². The quantitative estimate of drug-likeness (QED) is 0.160. The summed E-state index contributed by atoms with van der Waals surface area (Å²) >= 11 is 0. The first-order valence-corrected chi connectivity index (χ1v) is 23.2. The van der Waals surface area contributed by atoms with E-state index in [9.17, 15) is 0 Å². The highest BCUT2D eigenvalue weighted by molar-refractivity contribution is 6.13. The van der Waals surface area contributed by atoms with Crippen LogP contribution in [0.4, 0.5) is 17.1 Å². The Morgan fingerprint density at radius 2 is 0.809 bits per heavy atom. The summed E-state index contributed by atoms with van der Waals surface area (Å²) in [6, 6.07) is 89.9. The third-order valence-electron chi connectivity index (χ3n) is 13.9. The van der Waals surface area contributed by atoms with Crippen LogP contribution in [0.5, 0.6) is 0 Å². The first-order chi connectivity index (χ1) is 33.7. The minimum atomic E-state index is 0.858. The van der Waals surface area contributed by atoms with Crippen molar-refractivity contribution < 1.29 is 4.42 Å². The van der Waals surface area contributed by atoms with Crippen LogP contribution in [-0.4, -0.2) is 9.13 Å². The van der Waals surface area contributed by atoms with E-state index in [1.165, 1.54) is 65.7 Å². The lowest BCUT2D eigenvalue weighted by Gasteiger charge is -2.26. The van der Waals surface area contributed by atoms with Gasteiger partial charge in [-0.05, 0) is 130 Å². The molecule has 0 atom stereocenters. The Kier molecular flexibility index (Phi) is 8.55. The fourth-order valence-corrected chi connectivity index (χ4v) is 10.7. The van der Waals surface area contributed by atoms with Gasteiger partial charge in [0, 0.05) is 55.1 Å². The summed E-state index contributed by atoms with van der Waals surface area (Å²) in [6.45, 7) is 0. The Balaban J connectivity index is 0.874. The van der Waals surface area contributed by atoms with Crippen LogP contribution in [0.25, 0.3) is 110 Å². The van der Waals surface area contributed by atoms with Crippen LogP contribution in [-0.2, 0) is 0 Å². The van der Waals surface area contributed by atoms with Crippen molar-refractivity contribution in [3.8, 4) is 33.6 Å². The number of fused-ring (bicyclic) bond motifs is 10. The van der Waals surface area contributed by atoms with E-state index < -0.39 is 0 Å². The molecule has 3 heterocycles. The molecule has 0 saturated heterocycles. The van der Waals surface area contributed by atoms with Gasteiger partial charge in [-0.15, -0.1) is 0 Å². The van der Waals surface area contributed by atoms with Gasteiger partial charge in [-0.1, -0.05) is 152 Å². The van der Waals surface area contributed by atoms with Gasteiger partial charge in [-0.3, -0.25) is 0 Å². The third kappa shape index (κ3) is 6.01. The fourth-order valence-electron chi connectivity index (χ4n) is 10.7. The van der Waals surface area contributed by atoms with Crippen molar-refractivity contribution in [1.82, 2.24) is 9.13 Å². The van der Waals surface area contributed by atoms with E-state index in [4.69, 9.17) is 4.42 Å². The zero-order valence-electron chi connectivity index (χ0n) is 36.9. The van der Waals surface area contributed by atoms with Gasteiger partial charge in [0.25, 0.3) is 0 Å². The molecule has 4 heteroatoms. The SMILES string of the molecule is c1ccc(-n2c3ccccc3c3cc(-c4ccc(N(c5ccc6cc(-c7ccc8c9ccccc9n(-c9ccccc9)c8c7)ccc6c5)c5cccc6c5oc5ccccc56)cc4)ccc32)cc1. The number of anilines is 3. The van der Waals surface area contributed by atoms with Crippen LogP contribution in [0.15, 0.2) is 253 Å². The Morgan fingerprint density at radius 3 is 1.57 bits per heavy atom. The lowest BCUT2D eigenvalue weighted by Crippen LogP contribution is -2.10. The van der Waals surface area contributed by atoms with Gasteiger partial charge >= 0.3 is 0 Å². The van der Waals surface area contributed by atoms with Gasteiger partial charge in [0.05, 0.1) is 27.8 Å². The lowest BCUT2D eigenvalue weighted by atomic mass is 9.99. The molecule has 4 nitrogen and oxygen atoms in total. The molecule has 0 N–H and O–H groups in total. The van der Waals surface area contributed by atoms with Gasteiger partial charge < -0.3 is 18.5 Å². The van der Waals surface area contributed by atoms with Crippen LogP contribution in [0.3, 0.4) is 0 Å². The second-order valence-electron chi connectivity index (χ2n) is 17.7. The minimum absolute atomic E-state index is 0.858. The largest absolute Gasteiger partial charge is 0.454 e. The Labute approximate surface area is 392 Å². The number of hydrogen-bond acceptors (Lipinski definition) is 2. The average Bonchev–Trinajstić information content (AvgIpc) is 4.07. The van der Waals surface area contributed by atoms with Crippen LogP contribution in [0.1, 0.15) is 0 Å². The molecule has 0 aliphatic rings. The van der Waals surface area contributed by atoms with E-state index in [0.29, 0.717) is 0 Å². The second kappa shape index (κ2) is 15.2. The maximum Gasteiger partial charge on any atom is 0.159 e. The van der Waals surface area contributed by atoms with E-state index in [-0.39, 0.29) is 0 Å². The average molecular weight is 868 g/mol. The van der Waals surface area contributed by atoms with Crippen LogP contribution in [0.2, 0.25) is 0 Å². The summed E-state index contributed by atoms with van der Waals surface area (Å²) in [6.07, 6.45) is 0. The predicted octanol–water partition coefficient (Wildman–Crippen LogP) is 17.7. The zero-order chi connectivity index (χ0) is 44.7. The molecule has 0 radical (unpaired) electrons. The molecule has 0 fully saturated rings. The fraction of sp³-hybridized carbons (Fsp3) is 0. The number of furan rings is 1. The van der Waals surface area contributed by atoms with E-state index in [1.807, 2.05) is 6.07 Å². The highest BCUT2D eigenvalue weighted by Crippen LogP contribution is 2.44. The molecule has 11 aromatic carbocycles. The molecule has 0 spiro atoms. The first kappa shape index (κ1) is 38.2. The van der Waals surface area contributed by atoms with Gasteiger partial charge in [-0.25, -0.2) is 0 Å². The molecule has 0 amide bonds. The summed E-state index contributed by atoms with van der Waals surface area (Å²) in [5.41, 5.74) is 16.6. The van der Waals surface area contributed by atoms with Crippen molar-refractivity contribution in [2.45, 2.75) is 0 Å². The molecule has 0 aliphatic carbocycles. The standard InChI is InChI=1S/C64H41N3O/c1-3-14-48(15-4-1)66-59-23-11-8-19-53(59)57-40-46(32-37-60(57)66)42-28-33-50(34-29-42)65(61-24-13-21-56-55-20-9-12-25-63(55)68-64(56)61)51-35-30-44-38-43(26-27-45(44)39-51)47-31-36-54-52-18-7-10-22-58(52)67(62(54)41-47)49-16-5-2-6-17-49/h1-41H. The summed E-state index contributed by atoms with van der Waals surface area (Å²) in [5, 5.41) is 9.52. The molecule has 14 rings (SSSR count). The molecule has 0 bridgehead atoms. The number of aromatic nitrogens is 2. The maximum absolute atomic E-state index is 6.70. The summed E-state index contributed by atoms with van der Waals surface area (Å²) in [5.74, 6) is 0. The highest BCUT2D eigenvalue weighted by Gasteiger charge is 2.21. The van der Waals surface area contributed by atoms with E-state index in [2.05, 4.69) is 257 Å². The highest BCUT2D eigenvalue weighted by atomic mass is 16.3. The van der Waals surface area contributed by atoms with Gasteiger partial charge in [0.2, 0.25) is 0 Å². The summed E-state index contributed by atoms with van der Waals surface area (Å²) < 4.78 is 11.5. The zero-order valence-corrected chi connectivity index (χ0v) is 36.9. The Bertz CT molecular complexity index is 4250. The number of para-hydroxylation sites is 6. The number of rotatable bonds is 7. The van der Waals surface area contributed by atoms with Gasteiger partial charge in [0.15, 0.2) is 5.58 Å². The van der Waals surface area contributed by atoms with Crippen molar-refractivity contribution in [2.75, 3.05) is 4.90 Å². The van der Waals surface area contributed by atoms with Crippen LogP contribution < -0.4 is 4.90 Å². The molecule has 0 aliphatic heterocycles. The topological polar surface area (TPSA) is 26.2 Å². The van der Waals surface area contributed by atoms with Crippen molar-refractivity contribution in [3.63, 3.8) is 0 Å². The third-order valence-corrected chi connectivity index (χ3v) is 13.9. The predicted molar refractivity (Wildman–Crippen MR) is 285 cm³/mol. The monoisotopic (exact) mass is 867 g/mol. The number of benzene rings is 11. The number of nitrogens with zero attached hydrogens (tertiary/aromatic N) is 3. The van der Waals surface area contributed by atoms with Crippen molar-refractivity contribution >= 4 is 93.4 Å². The second-order valence-corrected chi connectivity index (χ2v) is 17.7. The molecule has 0 unspecified atom stereocenters. The van der Waals surface area contributed by atoms with Gasteiger partial charge in [-0.2, -0.15) is 0 Å². The summed E-state index contributed by atoms with van der Waals surface area (Å²) in [4.78, 5) is 2.34. The smallest absolute Gasteiger partial charge is 0.159 e. The van der Waals surface area contributed by atoms with E-state index >= 15 is 0 Å². The van der Waals surface area contributed by atoms with Crippen LogP contribution >= 0.6 is 0 Å². The molecule has 14 aromatic rings. The molecule has 318 valence electrons. The minimum Gasteiger partial charge on any atom is -0.454 e. The van der Waals surface area contributed by atoms with Crippen molar-refractivity contribution in [2.24, 2.45) is 0 Å². The van der Waals surface area contributed by atoms with Gasteiger partial charge in [0.1, 0.15) is 5.58 Å². The number of hydrogen-bond donors (Lipinski definition) is 0. The van der Waals surface area contributed by atoms with Crippen molar-refractivity contribution in [1.29, 1.82) is 0 Å². The molecule has 0 saturated carbocycles. The maximum atomic E-state index is 6.70. The van der Waals surface area contributed by atoms with Crippen LogP contribution in [0, 0.1) is 0 Å². The normalized spacial score (nSPS) is 11.8. The molecule has 68 heavy (non-hydrogen) atoms. The molecular formula is C64H41N3O.